The third-order valence-corrected chi connectivity index (χ3v) is 10.9. The number of phosphoric acid groups is 1. The molecule has 0 rings (SSSR count). The van der Waals surface area contributed by atoms with E-state index in [2.05, 4.69) is 67.8 Å². The van der Waals surface area contributed by atoms with Crippen LogP contribution in [-0.4, -0.2) is 68.5 Å². The van der Waals surface area contributed by atoms with E-state index < -0.39 is 20.0 Å². The second-order valence-electron chi connectivity index (χ2n) is 16.7. The molecule has 0 spiro atoms. The van der Waals surface area contributed by atoms with E-state index in [4.69, 9.17) is 9.05 Å². The first-order valence-corrected chi connectivity index (χ1v) is 24.6. The van der Waals surface area contributed by atoms with Crippen LogP contribution in [-0.2, 0) is 18.4 Å². The number of allylic oxidation sites excluding steroid dienone is 9. The van der Waals surface area contributed by atoms with Crippen molar-refractivity contribution in [2.45, 2.75) is 199 Å². The SMILES string of the molecule is CC/C=C\C/C=C\C/C=C\C/C=C\CCCCCCCCCCCCCCCCCCC(=O)NC(COP(=O)([O-])OCC[N+](C)(C)C)C(O)/C=C/CCCCCC. The number of quaternary nitrogens is 1. The van der Waals surface area contributed by atoms with Crippen LogP contribution in [0.25, 0.3) is 0 Å². The molecule has 0 aliphatic rings. The largest absolute Gasteiger partial charge is 0.756 e. The minimum absolute atomic E-state index is 0.00286. The van der Waals surface area contributed by atoms with Crippen molar-refractivity contribution in [3.8, 4) is 0 Å². The van der Waals surface area contributed by atoms with Crippen molar-refractivity contribution >= 4 is 13.7 Å². The fourth-order valence-corrected chi connectivity index (χ4v) is 7.04. The highest BCUT2D eigenvalue weighted by atomic mass is 31.2. The summed E-state index contributed by atoms with van der Waals surface area (Å²) in [6.45, 7) is 4.44. The maximum absolute atomic E-state index is 12.8. The first-order chi connectivity index (χ1) is 27.5. The molecule has 9 heteroatoms. The molecule has 2 N–H and O–H groups in total. The lowest BCUT2D eigenvalue weighted by molar-refractivity contribution is -0.870. The maximum atomic E-state index is 12.8. The number of carbonyl (C=O) groups excluding carboxylic acids is 1. The first-order valence-electron chi connectivity index (χ1n) is 23.2. The number of hydrogen-bond acceptors (Lipinski definition) is 6. The van der Waals surface area contributed by atoms with Crippen LogP contribution in [0, 0.1) is 0 Å². The van der Waals surface area contributed by atoms with Gasteiger partial charge in [0.05, 0.1) is 39.9 Å². The molecule has 0 aliphatic carbocycles. The Hall–Kier alpha value is -1.80. The van der Waals surface area contributed by atoms with Gasteiger partial charge < -0.3 is 28.8 Å². The quantitative estimate of drug-likeness (QED) is 0.0275. The molecule has 0 saturated heterocycles. The van der Waals surface area contributed by atoms with Crippen LogP contribution < -0.4 is 10.2 Å². The molecule has 8 nitrogen and oxygen atoms in total. The number of phosphoric ester groups is 1. The number of aliphatic hydroxyl groups excluding tert-OH is 1. The maximum Gasteiger partial charge on any atom is 0.268 e. The zero-order chi connectivity index (χ0) is 42.1. The van der Waals surface area contributed by atoms with Crippen molar-refractivity contribution in [3.05, 3.63) is 60.8 Å². The van der Waals surface area contributed by atoms with E-state index in [0.29, 0.717) is 17.4 Å². The summed E-state index contributed by atoms with van der Waals surface area (Å²) in [7, 11) is 1.25. The van der Waals surface area contributed by atoms with Crippen LogP contribution >= 0.6 is 7.82 Å². The summed E-state index contributed by atoms with van der Waals surface area (Å²) in [5.74, 6) is -0.205. The van der Waals surface area contributed by atoms with Gasteiger partial charge in [-0.25, -0.2) is 0 Å². The zero-order valence-electron chi connectivity index (χ0n) is 37.5. The van der Waals surface area contributed by atoms with Crippen LogP contribution in [0.5, 0.6) is 0 Å². The Balaban J connectivity index is 3.96. The van der Waals surface area contributed by atoms with Gasteiger partial charge in [0.2, 0.25) is 5.91 Å². The molecule has 3 unspecified atom stereocenters. The topological polar surface area (TPSA) is 108 Å². The lowest BCUT2D eigenvalue weighted by atomic mass is 10.0. The first kappa shape index (κ1) is 55.2. The summed E-state index contributed by atoms with van der Waals surface area (Å²) in [6, 6.07) is -0.883. The zero-order valence-corrected chi connectivity index (χ0v) is 38.4. The number of unbranched alkanes of at least 4 members (excludes halogenated alkanes) is 20. The second kappa shape index (κ2) is 39.6. The minimum Gasteiger partial charge on any atom is -0.756 e. The van der Waals surface area contributed by atoms with Gasteiger partial charge >= 0.3 is 0 Å². The number of carbonyl (C=O) groups is 1. The molecule has 332 valence electrons. The Bertz CT molecular complexity index is 1110. The van der Waals surface area contributed by atoms with E-state index in [9.17, 15) is 19.4 Å². The monoisotopic (exact) mass is 821 g/mol. The summed E-state index contributed by atoms with van der Waals surface area (Å²) in [6.07, 6.45) is 51.8. The highest BCUT2D eigenvalue weighted by Gasteiger charge is 2.23. The number of rotatable bonds is 41. The van der Waals surface area contributed by atoms with Crippen molar-refractivity contribution in [1.82, 2.24) is 5.32 Å². The fourth-order valence-electron chi connectivity index (χ4n) is 6.32. The van der Waals surface area contributed by atoms with Gasteiger partial charge in [0, 0.05) is 6.42 Å². The Kier molecular flexibility index (Phi) is 38.4. The molecule has 0 fully saturated rings. The molecule has 0 radical (unpaired) electrons. The number of hydrogen-bond donors (Lipinski definition) is 2. The molecule has 0 saturated carbocycles. The van der Waals surface area contributed by atoms with Gasteiger partial charge in [-0.15, -0.1) is 0 Å². The highest BCUT2D eigenvalue weighted by Crippen LogP contribution is 2.38. The third kappa shape index (κ3) is 42.1. The van der Waals surface area contributed by atoms with E-state index in [1.807, 2.05) is 27.2 Å². The Labute approximate surface area is 351 Å². The molecule has 0 heterocycles. The van der Waals surface area contributed by atoms with E-state index in [1.54, 1.807) is 6.08 Å². The summed E-state index contributed by atoms with van der Waals surface area (Å²) < 4.78 is 23.0. The van der Waals surface area contributed by atoms with Crippen LogP contribution in [0.2, 0.25) is 0 Å². The fraction of sp³-hybridized carbons (Fsp3) is 0.771. The number of nitrogens with zero attached hydrogens (tertiary/aromatic N) is 1. The van der Waals surface area contributed by atoms with Crippen LogP contribution in [0.1, 0.15) is 187 Å². The predicted molar refractivity (Wildman–Crippen MR) is 242 cm³/mol. The molecular weight excluding hydrogens is 732 g/mol. The highest BCUT2D eigenvalue weighted by molar-refractivity contribution is 7.45. The number of likely N-dealkylation sites (N-methyl/N-ethyl adjacent to an activating group) is 1. The van der Waals surface area contributed by atoms with Gasteiger partial charge in [-0.3, -0.25) is 9.36 Å². The van der Waals surface area contributed by atoms with Gasteiger partial charge in [0.25, 0.3) is 7.82 Å². The third-order valence-electron chi connectivity index (χ3n) is 9.98. The van der Waals surface area contributed by atoms with Crippen LogP contribution in [0.3, 0.4) is 0 Å². The van der Waals surface area contributed by atoms with Crippen molar-refractivity contribution < 1.29 is 32.9 Å². The average molecular weight is 821 g/mol. The van der Waals surface area contributed by atoms with Gasteiger partial charge in [-0.05, 0) is 57.8 Å². The Morgan fingerprint density at radius 1 is 0.632 bits per heavy atom. The molecule has 3 atom stereocenters. The smallest absolute Gasteiger partial charge is 0.268 e. The molecule has 0 aromatic heterocycles. The van der Waals surface area contributed by atoms with Crippen molar-refractivity contribution in [2.24, 2.45) is 0 Å². The number of aliphatic hydroxyl groups is 1. The summed E-state index contributed by atoms with van der Waals surface area (Å²) in [5, 5.41) is 13.6. The van der Waals surface area contributed by atoms with Crippen molar-refractivity contribution in [3.63, 3.8) is 0 Å². The molecule has 0 aliphatic heterocycles. The second-order valence-corrected chi connectivity index (χ2v) is 18.1. The minimum atomic E-state index is -4.58. The lowest BCUT2D eigenvalue weighted by Crippen LogP contribution is -2.45. The van der Waals surface area contributed by atoms with Gasteiger partial charge in [0.15, 0.2) is 0 Å². The number of nitrogens with one attached hydrogen (secondary N) is 1. The summed E-state index contributed by atoms with van der Waals surface area (Å²) in [5.41, 5.74) is 0. The standard InChI is InChI=1S/C48H89N2O6P/c1-6-8-10-12-14-15-16-17-18-19-20-21-22-23-24-25-26-27-28-29-30-31-32-33-34-35-36-38-40-42-48(52)49-46(47(51)41-39-37-13-11-9-7-2)45-56-57(53,54)55-44-43-50(3,4)5/h8,10,14-15,17-18,20-21,39,41,46-47,51H,6-7,9,11-13,16,19,22-38,40,42-45H2,1-5H3,(H-,49,52,53,54)/b10-8-,15-14-,18-17-,21-20-,41-39+. The Morgan fingerprint density at radius 2 is 1.07 bits per heavy atom. The molecular formula is C48H89N2O6P. The van der Waals surface area contributed by atoms with Gasteiger partial charge in [-0.2, -0.15) is 0 Å². The van der Waals surface area contributed by atoms with Crippen molar-refractivity contribution in [2.75, 3.05) is 40.9 Å². The number of amides is 1. The molecule has 0 aromatic carbocycles. The average Bonchev–Trinajstić information content (AvgIpc) is 3.16. The molecule has 0 aromatic rings. The van der Waals surface area contributed by atoms with E-state index in [1.165, 1.54) is 96.3 Å². The van der Waals surface area contributed by atoms with Crippen LogP contribution in [0.15, 0.2) is 60.8 Å². The van der Waals surface area contributed by atoms with Crippen molar-refractivity contribution in [1.29, 1.82) is 0 Å². The summed E-state index contributed by atoms with van der Waals surface area (Å²) in [4.78, 5) is 25.1. The molecule has 1 amide bonds. The predicted octanol–water partition coefficient (Wildman–Crippen LogP) is 12.4. The van der Waals surface area contributed by atoms with Gasteiger partial charge in [-0.1, -0.05) is 184 Å². The van der Waals surface area contributed by atoms with E-state index in [-0.39, 0.29) is 19.1 Å². The summed E-state index contributed by atoms with van der Waals surface area (Å²) >= 11 is 0. The normalized spacial score (nSPS) is 14.9. The van der Waals surface area contributed by atoms with Gasteiger partial charge in [0.1, 0.15) is 13.2 Å². The molecule has 0 bridgehead atoms. The molecule has 57 heavy (non-hydrogen) atoms. The lowest BCUT2D eigenvalue weighted by Gasteiger charge is -2.29. The van der Waals surface area contributed by atoms with Crippen LogP contribution in [0.4, 0.5) is 0 Å². The van der Waals surface area contributed by atoms with E-state index >= 15 is 0 Å². The Morgan fingerprint density at radius 3 is 1.56 bits per heavy atom. The van der Waals surface area contributed by atoms with E-state index in [0.717, 1.165) is 70.6 Å².